The van der Waals surface area contributed by atoms with E-state index in [0.717, 1.165) is 12.8 Å². The Morgan fingerprint density at radius 3 is 2.21 bits per heavy atom. The Bertz CT molecular complexity index is 1330. The third kappa shape index (κ3) is 4.66. The highest BCUT2D eigenvalue weighted by Crippen LogP contribution is 2.59. The maximum Gasteiger partial charge on any atom is 0.313 e. The Labute approximate surface area is 242 Å². The van der Waals surface area contributed by atoms with Crippen LogP contribution in [0.5, 0.6) is 0 Å². The second kappa shape index (κ2) is 10.0. The van der Waals surface area contributed by atoms with Crippen molar-refractivity contribution in [3.05, 3.63) is 90.2 Å². The van der Waals surface area contributed by atoms with Crippen LogP contribution in [-0.2, 0) is 16.0 Å². The zero-order valence-electron chi connectivity index (χ0n) is 23.5. The summed E-state index contributed by atoms with van der Waals surface area (Å²) in [5.41, 5.74) is 1.99. The van der Waals surface area contributed by atoms with Gasteiger partial charge in [0.2, 0.25) is 0 Å². The van der Waals surface area contributed by atoms with Crippen LogP contribution in [-0.4, -0.2) is 24.7 Å². The Morgan fingerprint density at radius 2 is 1.62 bits per heavy atom. The summed E-state index contributed by atoms with van der Waals surface area (Å²) in [6, 6.07) is 21.2. The van der Waals surface area contributed by atoms with Crippen LogP contribution in [0.4, 0.5) is 0 Å². The average molecular weight is 575 g/mol. The molecule has 2 aromatic carbocycles. The first-order valence-electron chi connectivity index (χ1n) is 14.0. The van der Waals surface area contributed by atoms with Gasteiger partial charge in [0.05, 0.1) is 21.6 Å². The molecule has 1 aliphatic heterocycles. The van der Waals surface area contributed by atoms with E-state index in [-0.39, 0.29) is 33.5 Å². The summed E-state index contributed by atoms with van der Waals surface area (Å²) in [5.74, 6) is 0.237. The average Bonchev–Trinajstić information content (AvgIpc) is 3.42. The van der Waals surface area contributed by atoms with Gasteiger partial charge in [-0.2, -0.15) is 0 Å². The standard InChI is InChI=1S/C33H38O3S2Si/c1-32(2,3)39(4,5)30-25-19-33(27-18-12-17-24(26(25)21-35-30)29(27)36-31(33)34)20-28(37-22-13-8-6-9-14-22)38-23-15-10-7-11-16-23/h6-16,18,21,24,27-29H,17,19-20H2,1-5H3/t24-,27-,29+,33+/m0/s1. The van der Waals surface area contributed by atoms with Gasteiger partial charge in [0.15, 0.2) is 0 Å². The van der Waals surface area contributed by atoms with Crippen LogP contribution in [0.2, 0.25) is 18.1 Å². The lowest BCUT2D eigenvalue weighted by molar-refractivity contribution is -0.150. The molecule has 0 saturated carbocycles. The maximum atomic E-state index is 14.1. The summed E-state index contributed by atoms with van der Waals surface area (Å²) in [7, 11) is -1.97. The molecule has 6 rings (SSSR count). The van der Waals surface area contributed by atoms with Gasteiger partial charge in [0.25, 0.3) is 0 Å². The second-order valence-electron chi connectivity index (χ2n) is 12.9. The first kappa shape index (κ1) is 27.0. The van der Waals surface area contributed by atoms with Crippen LogP contribution in [0.15, 0.2) is 93.3 Å². The summed E-state index contributed by atoms with van der Waals surface area (Å²) in [4.78, 5) is 16.6. The number of thioether (sulfide) groups is 2. The minimum atomic E-state index is -1.97. The molecule has 0 unspecified atom stereocenters. The van der Waals surface area contributed by atoms with Gasteiger partial charge in [-0.25, -0.2) is 0 Å². The zero-order chi connectivity index (χ0) is 27.4. The van der Waals surface area contributed by atoms with Crippen molar-refractivity contribution in [2.45, 2.75) is 84.6 Å². The lowest BCUT2D eigenvalue weighted by Crippen LogP contribution is -2.51. The van der Waals surface area contributed by atoms with Crippen molar-refractivity contribution >= 4 is 43.0 Å². The summed E-state index contributed by atoms with van der Waals surface area (Å²) >= 11 is 3.73. The van der Waals surface area contributed by atoms with Gasteiger partial charge in [-0.3, -0.25) is 4.79 Å². The van der Waals surface area contributed by atoms with Crippen LogP contribution < -0.4 is 5.38 Å². The van der Waals surface area contributed by atoms with E-state index in [4.69, 9.17) is 9.15 Å². The zero-order valence-corrected chi connectivity index (χ0v) is 26.1. The fourth-order valence-electron chi connectivity index (χ4n) is 6.46. The molecule has 0 amide bonds. The molecular weight excluding hydrogens is 537 g/mol. The van der Waals surface area contributed by atoms with Gasteiger partial charge in [0, 0.05) is 27.2 Å². The SMILES string of the molecule is CC(C)(C)[Si](C)(C)c1occ2c1C[C@]1(CC(Sc3ccccc3)Sc3ccccc3)C(=O)O[C@@H]3[C@H]2CC=C[C@@H]31. The normalized spacial score (nSPS) is 25.9. The van der Waals surface area contributed by atoms with E-state index in [0.29, 0.717) is 6.42 Å². The lowest BCUT2D eigenvalue weighted by Gasteiger charge is -2.37. The molecule has 1 aromatic heterocycles. The topological polar surface area (TPSA) is 39.4 Å². The Morgan fingerprint density at radius 1 is 1.00 bits per heavy atom. The van der Waals surface area contributed by atoms with Gasteiger partial charge in [-0.15, -0.1) is 23.5 Å². The fraction of sp³-hybridized carbons (Fsp3) is 0.424. The molecule has 39 heavy (non-hydrogen) atoms. The lowest BCUT2D eigenvalue weighted by atomic mass is 9.68. The first-order valence-corrected chi connectivity index (χ1v) is 18.8. The predicted molar refractivity (Wildman–Crippen MR) is 165 cm³/mol. The number of carbonyl (C=O) groups is 1. The third-order valence-electron chi connectivity index (χ3n) is 9.58. The van der Waals surface area contributed by atoms with E-state index in [9.17, 15) is 4.79 Å². The Balaban J connectivity index is 1.44. The minimum Gasteiger partial charge on any atom is -0.474 e. The third-order valence-corrected chi connectivity index (χ3v) is 17.4. The molecule has 0 N–H and O–H groups in total. The molecule has 4 atom stereocenters. The quantitative estimate of drug-likeness (QED) is 0.0931. The Kier molecular flexibility index (Phi) is 6.96. The molecule has 3 aromatic rings. The maximum absolute atomic E-state index is 14.1. The van der Waals surface area contributed by atoms with Crippen LogP contribution in [0.1, 0.15) is 50.7 Å². The number of fused-ring (bicyclic) bond motifs is 2. The molecule has 204 valence electrons. The van der Waals surface area contributed by atoms with Crippen molar-refractivity contribution in [3.63, 3.8) is 0 Å². The molecule has 6 heteroatoms. The first-order chi connectivity index (χ1) is 18.6. The number of hydrogen-bond acceptors (Lipinski definition) is 5. The highest BCUT2D eigenvalue weighted by Gasteiger charge is 2.62. The molecule has 0 radical (unpaired) electrons. The van der Waals surface area contributed by atoms with E-state index < -0.39 is 13.5 Å². The highest BCUT2D eigenvalue weighted by molar-refractivity contribution is 8.17. The number of allylic oxidation sites excluding steroid dienone is 1. The van der Waals surface area contributed by atoms with Crippen LogP contribution in [0.25, 0.3) is 0 Å². The number of furan rings is 1. The molecule has 2 heterocycles. The van der Waals surface area contributed by atoms with Crippen molar-refractivity contribution in [1.29, 1.82) is 0 Å². The molecule has 1 fully saturated rings. The van der Waals surface area contributed by atoms with Crippen molar-refractivity contribution < 1.29 is 13.9 Å². The number of esters is 1. The van der Waals surface area contributed by atoms with E-state index in [1.54, 1.807) is 0 Å². The van der Waals surface area contributed by atoms with E-state index >= 15 is 0 Å². The summed E-state index contributed by atoms with van der Waals surface area (Å²) in [5, 5.41) is 1.32. The molecule has 2 aliphatic carbocycles. The number of hydrogen-bond donors (Lipinski definition) is 0. The number of benzene rings is 2. The molecule has 4 bridgehead atoms. The van der Waals surface area contributed by atoms with E-state index in [2.05, 4.69) is 107 Å². The summed E-state index contributed by atoms with van der Waals surface area (Å²) < 4.78 is 13.0. The van der Waals surface area contributed by atoms with Crippen molar-refractivity contribution in [1.82, 2.24) is 0 Å². The number of rotatable bonds is 7. The van der Waals surface area contributed by atoms with E-state index in [1.165, 1.54) is 26.3 Å². The number of ether oxygens (including phenoxy) is 1. The molecule has 3 nitrogen and oxygen atoms in total. The Hall–Kier alpha value is -2.15. The summed E-state index contributed by atoms with van der Waals surface area (Å²) in [6.07, 6.45) is 8.84. The van der Waals surface area contributed by atoms with Crippen molar-refractivity contribution in [2.24, 2.45) is 11.3 Å². The van der Waals surface area contributed by atoms with Gasteiger partial charge in [0.1, 0.15) is 14.2 Å². The van der Waals surface area contributed by atoms with Crippen LogP contribution in [0, 0.1) is 11.3 Å². The molecule has 0 spiro atoms. The van der Waals surface area contributed by atoms with Gasteiger partial charge in [-0.05, 0) is 54.1 Å². The second-order valence-corrected chi connectivity index (χ2v) is 20.9. The van der Waals surface area contributed by atoms with E-state index in [1.807, 2.05) is 29.8 Å². The molecule has 1 saturated heterocycles. The smallest absolute Gasteiger partial charge is 0.313 e. The monoisotopic (exact) mass is 574 g/mol. The largest absolute Gasteiger partial charge is 0.474 e. The van der Waals surface area contributed by atoms with Gasteiger partial charge < -0.3 is 9.15 Å². The van der Waals surface area contributed by atoms with Gasteiger partial charge in [-0.1, -0.05) is 82.4 Å². The van der Waals surface area contributed by atoms with Crippen LogP contribution in [0.3, 0.4) is 0 Å². The number of carbonyl (C=O) groups excluding carboxylic acids is 1. The van der Waals surface area contributed by atoms with Crippen LogP contribution >= 0.6 is 23.5 Å². The minimum absolute atomic E-state index is 0.0191. The fourth-order valence-corrected chi connectivity index (χ4v) is 11.3. The predicted octanol–water partition coefficient (Wildman–Crippen LogP) is 8.42. The summed E-state index contributed by atoms with van der Waals surface area (Å²) in [6.45, 7) is 11.9. The molecular formula is C33H38O3S2Si. The highest BCUT2D eigenvalue weighted by atomic mass is 32.2. The van der Waals surface area contributed by atoms with Gasteiger partial charge >= 0.3 is 5.97 Å². The molecule has 3 aliphatic rings. The van der Waals surface area contributed by atoms with Crippen molar-refractivity contribution in [3.8, 4) is 0 Å². The van der Waals surface area contributed by atoms with Crippen molar-refractivity contribution in [2.75, 3.05) is 0 Å².